The second-order valence-electron chi connectivity index (χ2n) is 8.36. The van der Waals surface area contributed by atoms with Crippen LogP contribution in [-0.4, -0.2) is 0 Å². The van der Waals surface area contributed by atoms with Crippen molar-refractivity contribution in [2.45, 2.75) is 26.7 Å². The summed E-state index contributed by atoms with van der Waals surface area (Å²) in [7, 11) is 0. The SMILES string of the molecule is Cc1ccc2c([c]1[Zr+2][c]1c(C)ccc3c1Cc1ccccc1-3)Cc1ccccc1-2.[F-].[F-]. The second-order valence-corrected chi connectivity index (χ2v) is 11.4. The maximum Gasteiger partial charge on any atom is -1.00 e. The Labute approximate surface area is 193 Å². The zero-order valence-electron chi connectivity index (χ0n) is 17.6. The van der Waals surface area contributed by atoms with Crippen molar-refractivity contribution in [3.05, 3.63) is 106 Å². The third-order valence-electron chi connectivity index (χ3n) is 6.64. The Morgan fingerprint density at radius 2 is 0.935 bits per heavy atom. The van der Waals surface area contributed by atoms with Gasteiger partial charge in [-0.15, -0.1) is 0 Å². The van der Waals surface area contributed by atoms with Gasteiger partial charge in [-0.3, -0.25) is 0 Å². The van der Waals surface area contributed by atoms with E-state index in [1.165, 1.54) is 44.5 Å². The standard InChI is InChI=1S/2C14H11.2FH.Zr/c2*1-10-6-7-14-12(8-10)9-11-4-2-3-5-13(11)14;;;/h2*2-7H,9H2,1H3;2*1H;/q;;;;+2/p-2. The average Bonchev–Trinajstić information content (AvgIpc) is 3.30. The van der Waals surface area contributed by atoms with Gasteiger partial charge >= 0.3 is 185 Å². The number of halogens is 2. The van der Waals surface area contributed by atoms with Crippen molar-refractivity contribution in [1.29, 1.82) is 0 Å². The molecule has 0 heterocycles. The Bertz CT molecular complexity index is 1210. The minimum atomic E-state index is -0.923. The van der Waals surface area contributed by atoms with Crippen LogP contribution in [0, 0.1) is 13.8 Å². The Hall–Kier alpha value is -2.38. The summed E-state index contributed by atoms with van der Waals surface area (Å²) in [4.78, 5) is 0. The quantitative estimate of drug-likeness (QED) is 0.309. The zero-order valence-corrected chi connectivity index (χ0v) is 20.1. The Morgan fingerprint density at radius 3 is 1.39 bits per heavy atom. The predicted molar refractivity (Wildman–Crippen MR) is 118 cm³/mol. The molecule has 152 valence electrons. The van der Waals surface area contributed by atoms with Crippen LogP contribution in [0.4, 0.5) is 0 Å². The molecule has 0 amide bonds. The van der Waals surface area contributed by atoms with Crippen LogP contribution in [0.5, 0.6) is 0 Å². The van der Waals surface area contributed by atoms with Gasteiger partial charge in [0.25, 0.3) is 0 Å². The molecule has 0 N–H and O–H groups in total. The molecule has 2 aliphatic rings. The van der Waals surface area contributed by atoms with E-state index in [1.54, 1.807) is 17.7 Å². The van der Waals surface area contributed by atoms with Gasteiger partial charge in [-0.25, -0.2) is 0 Å². The molecule has 0 fully saturated rings. The van der Waals surface area contributed by atoms with Gasteiger partial charge in [0.05, 0.1) is 0 Å². The van der Waals surface area contributed by atoms with E-state index in [0.29, 0.717) is 0 Å². The molecule has 0 radical (unpaired) electrons. The molecule has 0 bridgehead atoms. The molecule has 4 aromatic carbocycles. The first-order valence-corrected chi connectivity index (χ1v) is 12.8. The molecule has 0 spiro atoms. The molecule has 0 aliphatic heterocycles. The molecule has 2 aliphatic carbocycles. The summed E-state index contributed by atoms with van der Waals surface area (Å²) in [6, 6.07) is 27.4. The molecule has 0 saturated heterocycles. The smallest absolute Gasteiger partial charge is 1.00 e. The predicted octanol–water partition coefficient (Wildman–Crippen LogP) is -0.513. The number of rotatable bonds is 2. The zero-order chi connectivity index (χ0) is 19.5. The number of aryl methyl sites for hydroxylation is 2. The monoisotopic (exact) mass is 486 g/mol. The van der Waals surface area contributed by atoms with Gasteiger partial charge < -0.3 is 9.41 Å². The molecular formula is C28H22F2Zr. The van der Waals surface area contributed by atoms with Crippen LogP contribution in [0.1, 0.15) is 33.4 Å². The van der Waals surface area contributed by atoms with Gasteiger partial charge in [0.15, 0.2) is 0 Å². The third-order valence-corrected chi connectivity index (χ3v) is 11.3. The second kappa shape index (κ2) is 8.28. The molecule has 4 aromatic rings. The van der Waals surface area contributed by atoms with Crippen molar-refractivity contribution in [1.82, 2.24) is 0 Å². The van der Waals surface area contributed by atoms with Crippen molar-refractivity contribution < 1.29 is 32.6 Å². The fourth-order valence-electron chi connectivity index (χ4n) is 5.13. The van der Waals surface area contributed by atoms with Crippen LogP contribution in [0.2, 0.25) is 0 Å². The first kappa shape index (κ1) is 21.8. The van der Waals surface area contributed by atoms with Crippen molar-refractivity contribution >= 4 is 6.54 Å². The van der Waals surface area contributed by atoms with E-state index in [9.17, 15) is 0 Å². The van der Waals surface area contributed by atoms with Crippen LogP contribution in [0.25, 0.3) is 22.3 Å². The van der Waals surface area contributed by atoms with Crippen molar-refractivity contribution in [2.24, 2.45) is 0 Å². The number of hydrogen-bond acceptors (Lipinski definition) is 0. The van der Waals surface area contributed by atoms with Crippen molar-refractivity contribution in [3.8, 4) is 22.3 Å². The van der Waals surface area contributed by atoms with E-state index < -0.39 is 23.2 Å². The van der Waals surface area contributed by atoms with E-state index in [2.05, 4.69) is 86.6 Å². The molecule has 0 aromatic heterocycles. The van der Waals surface area contributed by atoms with Gasteiger partial charge in [0, 0.05) is 0 Å². The third kappa shape index (κ3) is 3.35. The fraction of sp³-hybridized carbons (Fsp3) is 0.143. The molecular weight excluding hydrogens is 466 g/mol. The fourth-order valence-corrected chi connectivity index (χ4v) is 8.96. The van der Waals surface area contributed by atoms with Gasteiger partial charge in [0.1, 0.15) is 0 Å². The summed E-state index contributed by atoms with van der Waals surface area (Å²) < 4.78 is 3.41. The summed E-state index contributed by atoms with van der Waals surface area (Å²) >= 11 is -0.923. The van der Waals surface area contributed by atoms with E-state index in [1.807, 2.05) is 0 Å². The van der Waals surface area contributed by atoms with E-state index >= 15 is 0 Å². The maximum atomic E-state index is 2.37. The molecule has 3 heteroatoms. The van der Waals surface area contributed by atoms with Crippen LogP contribution in [0.3, 0.4) is 0 Å². The Kier molecular flexibility index (Phi) is 5.83. The molecule has 0 unspecified atom stereocenters. The maximum absolute atomic E-state index is 2.37. The van der Waals surface area contributed by atoms with Crippen LogP contribution >= 0.6 is 0 Å². The molecule has 0 saturated carbocycles. The largest absolute Gasteiger partial charge is 1.00 e. The van der Waals surface area contributed by atoms with E-state index in [4.69, 9.17) is 0 Å². The first-order chi connectivity index (χ1) is 14.2. The number of benzene rings is 4. The van der Waals surface area contributed by atoms with Gasteiger partial charge in [0.2, 0.25) is 0 Å². The summed E-state index contributed by atoms with van der Waals surface area (Å²) in [6.07, 6.45) is 2.22. The van der Waals surface area contributed by atoms with Crippen LogP contribution in [0.15, 0.2) is 72.8 Å². The minimum Gasteiger partial charge on any atom is -1.00 e. The number of hydrogen-bond donors (Lipinski definition) is 0. The topological polar surface area (TPSA) is 0 Å². The summed E-state index contributed by atoms with van der Waals surface area (Å²) in [5, 5.41) is 0. The Balaban J connectivity index is 0.00000116. The summed E-state index contributed by atoms with van der Waals surface area (Å²) in [5.74, 6) is 0. The molecule has 6 rings (SSSR count). The normalized spacial score (nSPS) is 11.9. The van der Waals surface area contributed by atoms with Crippen LogP contribution in [-0.2, 0) is 36.1 Å². The summed E-state index contributed by atoms with van der Waals surface area (Å²) in [5.41, 5.74) is 15.1. The van der Waals surface area contributed by atoms with Gasteiger partial charge in [-0.05, 0) is 0 Å². The Morgan fingerprint density at radius 1 is 0.516 bits per heavy atom. The van der Waals surface area contributed by atoms with Crippen molar-refractivity contribution in [2.75, 3.05) is 0 Å². The van der Waals surface area contributed by atoms with Crippen molar-refractivity contribution in [3.63, 3.8) is 0 Å². The van der Waals surface area contributed by atoms with E-state index in [0.717, 1.165) is 12.8 Å². The van der Waals surface area contributed by atoms with E-state index in [-0.39, 0.29) is 9.41 Å². The molecule has 31 heavy (non-hydrogen) atoms. The number of fused-ring (bicyclic) bond motifs is 6. The molecule has 0 nitrogen and oxygen atoms in total. The first-order valence-electron chi connectivity index (χ1n) is 10.4. The minimum absolute atomic E-state index is 0. The average molecular weight is 488 g/mol. The van der Waals surface area contributed by atoms with Crippen LogP contribution < -0.4 is 16.0 Å². The van der Waals surface area contributed by atoms with Gasteiger partial charge in [-0.2, -0.15) is 0 Å². The molecule has 0 atom stereocenters. The van der Waals surface area contributed by atoms with Gasteiger partial charge in [-0.1, -0.05) is 0 Å². The summed E-state index contributed by atoms with van der Waals surface area (Å²) in [6.45, 7) is 4.65.